The predicted octanol–water partition coefficient (Wildman–Crippen LogP) is 2.43. The number of anilines is 1. The highest BCUT2D eigenvalue weighted by Crippen LogP contribution is 2.24. The van der Waals surface area contributed by atoms with Gasteiger partial charge in [0, 0.05) is 12.6 Å². The fourth-order valence-electron chi connectivity index (χ4n) is 1.31. The highest BCUT2D eigenvalue weighted by Gasteiger charge is 2.15. The second-order valence-electron chi connectivity index (χ2n) is 3.66. The van der Waals surface area contributed by atoms with Crippen LogP contribution in [0.25, 0.3) is 0 Å². The van der Waals surface area contributed by atoms with Crippen molar-refractivity contribution < 1.29 is 9.72 Å². The number of nitro groups is 1. The number of nitrogens with one attached hydrogen (secondary N) is 2. The van der Waals surface area contributed by atoms with Gasteiger partial charge in [0.2, 0.25) is 0 Å². The van der Waals surface area contributed by atoms with Gasteiger partial charge in [0.1, 0.15) is 5.69 Å². The van der Waals surface area contributed by atoms with Crippen molar-refractivity contribution >= 4 is 17.4 Å². The Morgan fingerprint density at radius 2 is 2.18 bits per heavy atom. The quantitative estimate of drug-likeness (QED) is 0.623. The highest BCUT2D eigenvalue weighted by atomic mass is 16.6. The zero-order chi connectivity index (χ0) is 12.8. The van der Waals surface area contributed by atoms with E-state index < -0.39 is 11.0 Å². The fraction of sp³-hybridized carbons (Fsp3) is 0.364. The number of rotatable bonds is 4. The van der Waals surface area contributed by atoms with Crippen LogP contribution in [0.15, 0.2) is 18.2 Å². The molecule has 0 fully saturated rings. The largest absolute Gasteiger partial charge is 0.338 e. The molecule has 0 aromatic heterocycles. The van der Waals surface area contributed by atoms with Crippen molar-refractivity contribution in [3.8, 4) is 0 Å². The molecule has 2 N–H and O–H groups in total. The average Bonchev–Trinajstić information content (AvgIpc) is 2.26. The van der Waals surface area contributed by atoms with Gasteiger partial charge in [0.15, 0.2) is 0 Å². The van der Waals surface area contributed by atoms with Crippen LogP contribution in [-0.2, 0) is 0 Å². The third-order valence-electron chi connectivity index (χ3n) is 2.13. The van der Waals surface area contributed by atoms with Crippen molar-refractivity contribution in [2.24, 2.45) is 0 Å². The molecule has 0 saturated heterocycles. The minimum absolute atomic E-state index is 0.109. The van der Waals surface area contributed by atoms with E-state index in [1.165, 1.54) is 6.07 Å². The number of nitrogens with zero attached hydrogens (tertiary/aromatic N) is 1. The number of nitro benzene ring substituents is 1. The van der Waals surface area contributed by atoms with E-state index in [2.05, 4.69) is 10.6 Å². The van der Waals surface area contributed by atoms with Crippen molar-refractivity contribution in [3.63, 3.8) is 0 Å². The Kier molecular flexibility index (Phi) is 4.45. The molecule has 1 rings (SSSR count). The molecule has 92 valence electrons. The summed E-state index contributed by atoms with van der Waals surface area (Å²) in [6.07, 6.45) is 0.809. The Labute approximate surface area is 99.2 Å². The summed E-state index contributed by atoms with van der Waals surface area (Å²) in [7, 11) is 0. The van der Waals surface area contributed by atoms with Crippen molar-refractivity contribution in [2.75, 3.05) is 11.9 Å². The summed E-state index contributed by atoms with van der Waals surface area (Å²) in [5.41, 5.74) is 0.951. The van der Waals surface area contributed by atoms with Crippen LogP contribution < -0.4 is 10.6 Å². The summed E-state index contributed by atoms with van der Waals surface area (Å²) in [4.78, 5) is 21.7. The smallest absolute Gasteiger partial charge is 0.319 e. The van der Waals surface area contributed by atoms with Gasteiger partial charge >= 0.3 is 6.03 Å². The lowest BCUT2D eigenvalue weighted by Gasteiger charge is -2.07. The first-order valence-electron chi connectivity index (χ1n) is 5.34. The molecule has 0 heterocycles. The van der Waals surface area contributed by atoms with E-state index in [4.69, 9.17) is 0 Å². The van der Waals surface area contributed by atoms with E-state index in [9.17, 15) is 14.9 Å². The minimum atomic E-state index is -0.519. The minimum Gasteiger partial charge on any atom is -0.338 e. The molecule has 6 nitrogen and oxygen atoms in total. The summed E-state index contributed by atoms with van der Waals surface area (Å²) < 4.78 is 0. The summed E-state index contributed by atoms with van der Waals surface area (Å²) in [6.45, 7) is 4.26. The Hall–Kier alpha value is -2.11. The number of aryl methyl sites for hydroxylation is 1. The maximum absolute atomic E-state index is 11.4. The first kappa shape index (κ1) is 13.0. The Morgan fingerprint density at radius 3 is 2.76 bits per heavy atom. The lowest BCUT2D eigenvalue weighted by Crippen LogP contribution is -2.29. The van der Waals surface area contributed by atoms with Crippen LogP contribution in [0.1, 0.15) is 18.9 Å². The van der Waals surface area contributed by atoms with E-state index in [0.29, 0.717) is 6.54 Å². The van der Waals surface area contributed by atoms with Gasteiger partial charge in [0.05, 0.1) is 4.92 Å². The molecule has 17 heavy (non-hydrogen) atoms. The lowest BCUT2D eigenvalue weighted by atomic mass is 10.2. The molecule has 0 aliphatic carbocycles. The first-order chi connectivity index (χ1) is 8.04. The molecule has 6 heteroatoms. The van der Waals surface area contributed by atoms with Gasteiger partial charge in [-0.15, -0.1) is 0 Å². The third kappa shape index (κ3) is 3.75. The van der Waals surface area contributed by atoms with E-state index >= 15 is 0 Å². The normalized spacial score (nSPS) is 9.76. The van der Waals surface area contributed by atoms with Crippen molar-refractivity contribution in [1.29, 1.82) is 0 Å². The van der Waals surface area contributed by atoms with Crippen LogP contribution in [-0.4, -0.2) is 17.5 Å². The maximum Gasteiger partial charge on any atom is 0.319 e. The molecule has 0 spiro atoms. The molecule has 0 saturated carbocycles. The Morgan fingerprint density at radius 1 is 1.47 bits per heavy atom. The maximum atomic E-state index is 11.4. The van der Waals surface area contributed by atoms with Crippen LogP contribution in [0.4, 0.5) is 16.2 Å². The van der Waals surface area contributed by atoms with Gasteiger partial charge < -0.3 is 10.6 Å². The van der Waals surface area contributed by atoms with Gasteiger partial charge in [-0.1, -0.05) is 13.0 Å². The molecule has 0 radical (unpaired) electrons. The van der Waals surface area contributed by atoms with Crippen LogP contribution >= 0.6 is 0 Å². The number of amides is 2. The molecule has 1 aromatic rings. The second-order valence-corrected chi connectivity index (χ2v) is 3.66. The van der Waals surface area contributed by atoms with Gasteiger partial charge in [0.25, 0.3) is 5.69 Å². The monoisotopic (exact) mass is 237 g/mol. The van der Waals surface area contributed by atoms with Crippen molar-refractivity contribution in [1.82, 2.24) is 5.32 Å². The Bertz CT molecular complexity index is 432. The molecular formula is C11H15N3O3. The summed E-state index contributed by atoms with van der Waals surface area (Å²) in [5, 5.41) is 15.8. The number of urea groups is 1. The third-order valence-corrected chi connectivity index (χ3v) is 2.13. The Balaban J connectivity index is 2.85. The topological polar surface area (TPSA) is 84.3 Å². The molecule has 0 bridgehead atoms. The predicted molar refractivity (Wildman–Crippen MR) is 65.1 cm³/mol. The number of hydrogen-bond acceptors (Lipinski definition) is 3. The summed E-state index contributed by atoms with van der Waals surface area (Å²) >= 11 is 0. The number of carbonyl (C=O) groups excluding carboxylic acids is 1. The standard InChI is InChI=1S/C11H15N3O3/c1-3-6-12-11(15)13-9-7-8(2)4-5-10(9)14(16)17/h4-5,7H,3,6H2,1-2H3,(H2,12,13,15). The van der Waals surface area contributed by atoms with Crippen LogP contribution in [0, 0.1) is 17.0 Å². The van der Waals surface area contributed by atoms with Gasteiger partial charge in [-0.2, -0.15) is 0 Å². The molecule has 2 amide bonds. The zero-order valence-corrected chi connectivity index (χ0v) is 9.82. The summed E-state index contributed by atoms with van der Waals surface area (Å²) in [6, 6.07) is 4.15. The number of benzene rings is 1. The van der Waals surface area contributed by atoms with Crippen molar-refractivity contribution in [3.05, 3.63) is 33.9 Å². The van der Waals surface area contributed by atoms with Crippen molar-refractivity contribution in [2.45, 2.75) is 20.3 Å². The highest BCUT2D eigenvalue weighted by molar-refractivity contribution is 5.91. The van der Waals surface area contributed by atoms with Crippen LogP contribution in [0.3, 0.4) is 0 Å². The number of hydrogen-bond donors (Lipinski definition) is 2. The van der Waals surface area contributed by atoms with E-state index in [0.717, 1.165) is 12.0 Å². The molecule has 1 aromatic carbocycles. The molecular weight excluding hydrogens is 222 g/mol. The van der Waals surface area contributed by atoms with Crippen LogP contribution in [0.2, 0.25) is 0 Å². The molecule has 0 aliphatic heterocycles. The van der Waals surface area contributed by atoms with E-state index in [1.807, 2.05) is 6.92 Å². The van der Waals surface area contributed by atoms with E-state index in [-0.39, 0.29) is 11.4 Å². The zero-order valence-electron chi connectivity index (χ0n) is 9.82. The number of carbonyl (C=O) groups is 1. The SMILES string of the molecule is CCCNC(=O)Nc1cc(C)ccc1[N+](=O)[O-]. The summed E-state index contributed by atoms with van der Waals surface area (Å²) in [5.74, 6) is 0. The fourth-order valence-corrected chi connectivity index (χ4v) is 1.31. The van der Waals surface area contributed by atoms with Crippen LogP contribution in [0.5, 0.6) is 0 Å². The second kappa shape index (κ2) is 5.83. The first-order valence-corrected chi connectivity index (χ1v) is 5.34. The van der Waals surface area contributed by atoms with Gasteiger partial charge in [-0.25, -0.2) is 4.79 Å². The molecule has 0 aliphatic rings. The average molecular weight is 237 g/mol. The van der Waals surface area contributed by atoms with Gasteiger partial charge in [-0.05, 0) is 25.0 Å². The molecule has 0 unspecified atom stereocenters. The van der Waals surface area contributed by atoms with Gasteiger partial charge in [-0.3, -0.25) is 10.1 Å². The lowest BCUT2D eigenvalue weighted by molar-refractivity contribution is -0.383. The molecule has 0 atom stereocenters. The van der Waals surface area contributed by atoms with E-state index in [1.54, 1.807) is 19.1 Å².